The molecule has 0 aromatic heterocycles. The number of hydrogen-bond donors (Lipinski definition) is 0. The number of benzene rings is 1. The van der Waals surface area contributed by atoms with Crippen molar-refractivity contribution >= 4 is 33.3 Å². The normalized spacial score (nSPS) is 9.92. The van der Waals surface area contributed by atoms with Gasteiger partial charge in [0.2, 0.25) is 0 Å². The molecule has 0 radical (unpaired) electrons. The van der Waals surface area contributed by atoms with Gasteiger partial charge >= 0.3 is 0 Å². The largest absolute Gasteiger partial charge is 0.293 e. The fourth-order valence-corrected chi connectivity index (χ4v) is 1.56. The zero-order valence-corrected chi connectivity index (χ0v) is 8.95. The molecule has 1 nitrogen and oxygen atoms in total. The van der Waals surface area contributed by atoms with Crippen LogP contribution < -0.4 is 0 Å². The average molecular weight is 248 g/mol. The molecule has 0 fully saturated rings. The van der Waals surface area contributed by atoms with Crippen molar-refractivity contribution in [1.29, 1.82) is 0 Å². The van der Waals surface area contributed by atoms with Crippen molar-refractivity contribution in [1.82, 2.24) is 0 Å². The summed E-state index contributed by atoms with van der Waals surface area (Å²) < 4.78 is 0.843. The zero-order chi connectivity index (χ0) is 9.14. The highest BCUT2D eigenvalue weighted by Gasteiger charge is 2.08. The second kappa shape index (κ2) is 4.06. The van der Waals surface area contributed by atoms with Gasteiger partial charge in [-0.3, -0.25) is 4.79 Å². The van der Waals surface area contributed by atoms with Crippen LogP contribution in [0.4, 0.5) is 0 Å². The third kappa shape index (κ3) is 1.87. The van der Waals surface area contributed by atoms with Crippen molar-refractivity contribution in [2.24, 2.45) is 0 Å². The van der Waals surface area contributed by atoms with E-state index in [9.17, 15) is 4.79 Å². The highest BCUT2D eigenvalue weighted by Crippen LogP contribution is 2.21. The summed E-state index contributed by atoms with van der Waals surface area (Å²) in [5.74, 6) is -0.0190. The van der Waals surface area contributed by atoms with Crippen molar-refractivity contribution in [3.8, 4) is 0 Å². The maximum atomic E-state index is 11.2. The number of ketones is 1. The van der Waals surface area contributed by atoms with Crippen LogP contribution in [0.2, 0.25) is 0 Å². The molecule has 0 aliphatic carbocycles. The van der Waals surface area contributed by atoms with Gasteiger partial charge in [-0.2, -0.15) is 0 Å². The number of carbonyl (C=O) groups is 1. The van der Waals surface area contributed by atoms with Gasteiger partial charge in [0.15, 0.2) is 5.78 Å². The Morgan fingerprint density at radius 3 is 2.83 bits per heavy atom. The van der Waals surface area contributed by atoms with Crippen molar-refractivity contribution in [3.05, 3.63) is 33.8 Å². The van der Waals surface area contributed by atoms with Crippen LogP contribution in [0.1, 0.15) is 15.9 Å². The van der Waals surface area contributed by atoms with Crippen LogP contribution in [0.3, 0.4) is 0 Å². The van der Waals surface area contributed by atoms with Crippen LogP contribution in [-0.2, 0) is 0 Å². The number of aryl methyl sites for hydroxylation is 1. The first kappa shape index (κ1) is 9.75. The topological polar surface area (TPSA) is 17.1 Å². The summed E-state index contributed by atoms with van der Waals surface area (Å²) in [5, 5.41) is 0. The molecule has 1 aromatic carbocycles. The standard InChI is InChI=1S/C9H8BrClO/c1-6-3-2-4-7(9(6)10)8(12)5-11/h2-4H,5H2,1H3. The van der Waals surface area contributed by atoms with E-state index in [0.29, 0.717) is 5.56 Å². The van der Waals surface area contributed by atoms with Crippen molar-refractivity contribution in [2.75, 3.05) is 5.88 Å². The number of alkyl halides is 1. The monoisotopic (exact) mass is 246 g/mol. The summed E-state index contributed by atoms with van der Waals surface area (Å²) in [6.07, 6.45) is 0. The van der Waals surface area contributed by atoms with Crippen molar-refractivity contribution < 1.29 is 4.79 Å². The van der Waals surface area contributed by atoms with Crippen LogP contribution in [0.15, 0.2) is 22.7 Å². The minimum absolute atomic E-state index is 0.0298. The second-order valence-electron chi connectivity index (χ2n) is 2.49. The van der Waals surface area contributed by atoms with Crippen LogP contribution in [0.5, 0.6) is 0 Å². The molecule has 0 heterocycles. The molecule has 0 N–H and O–H groups in total. The predicted molar refractivity (Wildman–Crippen MR) is 53.9 cm³/mol. The Bertz CT molecular complexity index is 309. The fourth-order valence-electron chi connectivity index (χ4n) is 0.935. The van der Waals surface area contributed by atoms with Gasteiger partial charge in [-0.15, -0.1) is 11.6 Å². The summed E-state index contributed by atoms with van der Waals surface area (Å²) in [6, 6.07) is 5.55. The average Bonchev–Trinajstić information content (AvgIpc) is 2.08. The summed E-state index contributed by atoms with van der Waals surface area (Å²) in [4.78, 5) is 11.2. The third-order valence-corrected chi connectivity index (χ3v) is 2.91. The predicted octanol–water partition coefficient (Wildman–Crippen LogP) is 3.18. The summed E-state index contributed by atoms with van der Waals surface area (Å²) in [5.41, 5.74) is 1.70. The number of carbonyl (C=O) groups excluding carboxylic acids is 1. The Morgan fingerprint density at radius 1 is 1.58 bits per heavy atom. The minimum Gasteiger partial charge on any atom is -0.293 e. The molecule has 0 saturated carbocycles. The molecule has 0 aliphatic heterocycles. The maximum Gasteiger partial charge on any atom is 0.178 e. The molecule has 1 rings (SSSR count). The molecule has 0 atom stereocenters. The lowest BCUT2D eigenvalue weighted by Crippen LogP contribution is -2.01. The molecule has 1 aromatic rings. The summed E-state index contributed by atoms with van der Waals surface area (Å²) in [6.45, 7) is 1.94. The number of halogens is 2. The molecule has 0 saturated heterocycles. The third-order valence-electron chi connectivity index (χ3n) is 1.61. The molecule has 0 bridgehead atoms. The number of Topliss-reactive ketones (excluding diaryl/α,β-unsaturated/α-hetero) is 1. The van der Waals surface area contributed by atoms with E-state index >= 15 is 0 Å². The van der Waals surface area contributed by atoms with Crippen LogP contribution >= 0.6 is 27.5 Å². The first-order valence-electron chi connectivity index (χ1n) is 3.51. The van der Waals surface area contributed by atoms with Gasteiger partial charge < -0.3 is 0 Å². The Morgan fingerprint density at radius 2 is 2.25 bits per heavy atom. The van der Waals surface area contributed by atoms with Gasteiger partial charge in [0, 0.05) is 10.0 Å². The lowest BCUT2D eigenvalue weighted by Gasteiger charge is -2.02. The smallest absolute Gasteiger partial charge is 0.178 e. The van der Waals surface area contributed by atoms with E-state index in [1.54, 1.807) is 6.07 Å². The van der Waals surface area contributed by atoms with Gasteiger partial charge in [0.25, 0.3) is 0 Å². The fraction of sp³-hybridized carbons (Fsp3) is 0.222. The van der Waals surface area contributed by atoms with Crippen molar-refractivity contribution in [2.45, 2.75) is 6.92 Å². The van der Waals surface area contributed by atoms with Crippen LogP contribution in [0.25, 0.3) is 0 Å². The van der Waals surface area contributed by atoms with Gasteiger partial charge in [-0.1, -0.05) is 18.2 Å². The molecule has 0 spiro atoms. The molecular formula is C9H8BrClO. The molecule has 0 amide bonds. The van der Waals surface area contributed by atoms with Gasteiger partial charge in [-0.05, 0) is 28.4 Å². The van der Waals surface area contributed by atoms with E-state index in [2.05, 4.69) is 15.9 Å². The molecule has 12 heavy (non-hydrogen) atoms. The molecule has 0 aliphatic rings. The quantitative estimate of drug-likeness (QED) is 0.579. The first-order valence-corrected chi connectivity index (χ1v) is 4.84. The lowest BCUT2D eigenvalue weighted by molar-refractivity contribution is 0.102. The van der Waals surface area contributed by atoms with Gasteiger partial charge in [-0.25, -0.2) is 0 Å². The lowest BCUT2D eigenvalue weighted by atomic mass is 10.1. The first-order chi connectivity index (χ1) is 5.66. The highest BCUT2D eigenvalue weighted by atomic mass is 79.9. The Hall–Kier alpha value is -0.340. The molecule has 64 valence electrons. The van der Waals surface area contributed by atoms with E-state index in [1.165, 1.54) is 0 Å². The molecule has 0 unspecified atom stereocenters. The van der Waals surface area contributed by atoms with E-state index in [1.807, 2.05) is 19.1 Å². The van der Waals surface area contributed by atoms with Gasteiger partial charge in [0.1, 0.15) is 0 Å². The Kier molecular flexibility index (Phi) is 3.29. The summed E-state index contributed by atoms with van der Waals surface area (Å²) >= 11 is 8.78. The molecular weight excluding hydrogens is 239 g/mol. The minimum atomic E-state index is -0.0489. The van der Waals surface area contributed by atoms with Crippen LogP contribution in [-0.4, -0.2) is 11.7 Å². The zero-order valence-electron chi connectivity index (χ0n) is 6.60. The molecule has 3 heteroatoms. The maximum absolute atomic E-state index is 11.2. The Labute approximate surface area is 84.9 Å². The van der Waals surface area contributed by atoms with E-state index in [4.69, 9.17) is 11.6 Å². The number of rotatable bonds is 2. The van der Waals surface area contributed by atoms with Gasteiger partial charge in [0.05, 0.1) is 5.88 Å². The number of hydrogen-bond acceptors (Lipinski definition) is 1. The Balaban J connectivity index is 3.16. The van der Waals surface area contributed by atoms with Crippen LogP contribution in [0, 0.1) is 6.92 Å². The van der Waals surface area contributed by atoms with E-state index < -0.39 is 0 Å². The SMILES string of the molecule is Cc1cccc(C(=O)CCl)c1Br. The second-order valence-corrected chi connectivity index (χ2v) is 3.55. The summed E-state index contributed by atoms with van der Waals surface area (Å²) in [7, 11) is 0. The van der Waals surface area contributed by atoms with E-state index in [-0.39, 0.29) is 11.7 Å². The van der Waals surface area contributed by atoms with E-state index in [0.717, 1.165) is 10.0 Å². The highest BCUT2D eigenvalue weighted by molar-refractivity contribution is 9.10. The van der Waals surface area contributed by atoms with Crippen molar-refractivity contribution in [3.63, 3.8) is 0 Å².